The first-order valence-corrected chi connectivity index (χ1v) is 12.7. The van der Waals surface area contributed by atoms with Crippen molar-refractivity contribution in [2.75, 3.05) is 43.4 Å². The van der Waals surface area contributed by atoms with Crippen LogP contribution in [0.25, 0.3) is 16.6 Å². The maximum Gasteiger partial charge on any atom is 0.259 e. The number of carbonyl (C=O) groups is 1. The highest BCUT2D eigenvalue weighted by molar-refractivity contribution is 7.13. The fraction of sp³-hybridized carbons (Fsp3) is 0.391. The number of fused-ring (bicyclic) bond motifs is 1. The molecule has 180 valence electrons. The molecule has 3 aromatic heterocycles. The molecule has 2 saturated heterocycles. The number of nitrogens with two attached hydrogens (primary N) is 1. The summed E-state index contributed by atoms with van der Waals surface area (Å²) in [6.45, 7) is 4.78. The molecule has 0 unspecified atom stereocenters. The van der Waals surface area contributed by atoms with Gasteiger partial charge in [0.2, 0.25) is 23.6 Å². The molecule has 0 bridgehead atoms. The quantitative estimate of drug-likeness (QED) is 0.444. The highest BCUT2D eigenvalue weighted by Crippen LogP contribution is 2.26. The number of thiazole rings is 1. The van der Waals surface area contributed by atoms with Crippen LogP contribution in [0.5, 0.6) is 0 Å². The Kier molecular flexibility index (Phi) is 5.74. The fourth-order valence-corrected chi connectivity index (χ4v) is 5.35. The average molecular weight is 491 g/mol. The van der Waals surface area contributed by atoms with E-state index in [9.17, 15) is 4.79 Å². The average Bonchev–Trinajstić information content (AvgIpc) is 3.65. The predicted octanol–water partition coefficient (Wildman–Crippen LogP) is 1.54. The second kappa shape index (κ2) is 9.19. The van der Waals surface area contributed by atoms with Crippen LogP contribution >= 0.6 is 11.3 Å². The van der Waals surface area contributed by atoms with E-state index in [1.54, 1.807) is 6.20 Å². The molecule has 0 radical (unpaired) electrons. The maximum absolute atomic E-state index is 13.5. The minimum Gasteiger partial charge on any atom is -0.368 e. The van der Waals surface area contributed by atoms with Crippen LogP contribution in [0.15, 0.2) is 41.9 Å². The van der Waals surface area contributed by atoms with E-state index in [2.05, 4.69) is 54.2 Å². The van der Waals surface area contributed by atoms with Crippen molar-refractivity contribution in [2.24, 2.45) is 0 Å². The normalized spacial score (nSPS) is 19.0. The molecule has 12 heteroatoms. The van der Waals surface area contributed by atoms with Crippen LogP contribution in [0.1, 0.15) is 18.4 Å². The predicted molar refractivity (Wildman–Crippen MR) is 133 cm³/mol. The summed E-state index contributed by atoms with van der Waals surface area (Å²) in [5, 5.41) is 6.95. The molecular formula is C23H26N10OS. The van der Waals surface area contributed by atoms with Gasteiger partial charge in [-0.25, -0.2) is 4.98 Å². The summed E-state index contributed by atoms with van der Waals surface area (Å²) in [4.78, 5) is 37.7. The molecule has 2 N–H and O–H groups in total. The second-order valence-electron chi connectivity index (χ2n) is 8.80. The molecular weight excluding hydrogens is 464 g/mol. The molecule has 6 rings (SSSR count). The first-order chi connectivity index (χ1) is 17.2. The Morgan fingerprint density at radius 3 is 2.66 bits per heavy atom. The second-order valence-corrected chi connectivity index (χ2v) is 9.70. The Morgan fingerprint density at radius 1 is 1.06 bits per heavy atom. The third-order valence-corrected chi connectivity index (χ3v) is 7.34. The van der Waals surface area contributed by atoms with Crippen LogP contribution in [0.4, 0.5) is 11.9 Å². The van der Waals surface area contributed by atoms with Gasteiger partial charge in [0.25, 0.3) is 5.78 Å². The molecule has 1 atom stereocenters. The number of benzene rings is 1. The summed E-state index contributed by atoms with van der Waals surface area (Å²) < 4.78 is 1.42. The Bertz CT molecular complexity index is 1320. The molecule has 0 saturated carbocycles. The Morgan fingerprint density at radius 2 is 1.89 bits per heavy atom. The summed E-state index contributed by atoms with van der Waals surface area (Å²) >= 11 is 1.44. The molecule has 0 spiro atoms. The number of hydrogen-bond donors (Lipinski definition) is 1. The van der Waals surface area contributed by atoms with Gasteiger partial charge in [-0.15, -0.1) is 16.4 Å². The maximum atomic E-state index is 13.5. The fourth-order valence-electron chi connectivity index (χ4n) is 4.79. The SMILES string of the molecule is Nc1nc(N2CCC[C@H]2C(=O)N2CCN(Cc3ccccc3)CC2)nc2nc(-c3nccs3)nn12. The molecule has 4 aromatic rings. The van der Waals surface area contributed by atoms with Gasteiger partial charge in [-0.05, 0) is 18.4 Å². The standard InChI is InChI=1S/C23H26N10OS/c24-21-27-22(28-23-26-18(29-33(21)23)19-25-8-14-35-19)32-9-4-7-17(32)20(34)31-12-10-30(11-13-31)15-16-5-2-1-3-6-16/h1-3,5-6,8,14,17H,4,7,9-13,15H2,(H2,24,26,27,28,29)/t17-/m0/s1. The lowest BCUT2D eigenvalue weighted by Gasteiger charge is -2.37. The molecule has 5 heterocycles. The van der Waals surface area contributed by atoms with Gasteiger partial charge in [0, 0.05) is 50.8 Å². The highest BCUT2D eigenvalue weighted by Gasteiger charge is 2.36. The minimum absolute atomic E-state index is 0.133. The van der Waals surface area contributed by atoms with Crippen molar-refractivity contribution in [1.82, 2.24) is 39.3 Å². The molecule has 1 aromatic carbocycles. The van der Waals surface area contributed by atoms with Gasteiger partial charge in [0.05, 0.1) is 0 Å². The van der Waals surface area contributed by atoms with Crippen molar-refractivity contribution >= 4 is 34.9 Å². The lowest BCUT2D eigenvalue weighted by molar-refractivity contribution is -0.134. The number of anilines is 2. The van der Waals surface area contributed by atoms with Crippen molar-refractivity contribution in [1.29, 1.82) is 0 Å². The third kappa shape index (κ3) is 4.30. The molecule has 11 nitrogen and oxygen atoms in total. The van der Waals surface area contributed by atoms with Gasteiger partial charge in [0.15, 0.2) is 5.01 Å². The van der Waals surface area contributed by atoms with Crippen LogP contribution in [0.2, 0.25) is 0 Å². The highest BCUT2D eigenvalue weighted by atomic mass is 32.1. The molecule has 2 fully saturated rings. The molecule has 1 amide bonds. The summed E-state index contributed by atoms with van der Waals surface area (Å²) in [6, 6.07) is 10.2. The van der Waals surface area contributed by atoms with Gasteiger partial charge >= 0.3 is 0 Å². The van der Waals surface area contributed by atoms with Crippen molar-refractivity contribution in [3.05, 3.63) is 47.5 Å². The number of nitrogen functional groups attached to an aromatic ring is 1. The number of aromatic nitrogens is 6. The van der Waals surface area contributed by atoms with Gasteiger partial charge in [-0.2, -0.15) is 19.5 Å². The van der Waals surface area contributed by atoms with Crippen molar-refractivity contribution in [3.63, 3.8) is 0 Å². The van der Waals surface area contributed by atoms with Crippen LogP contribution in [-0.4, -0.2) is 84.0 Å². The monoisotopic (exact) mass is 490 g/mol. The first-order valence-electron chi connectivity index (χ1n) is 11.8. The molecule has 2 aliphatic heterocycles. The van der Waals surface area contributed by atoms with Crippen molar-refractivity contribution in [2.45, 2.75) is 25.4 Å². The Hall–Kier alpha value is -3.64. The lowest BCUT2D eigenvalue weighted by Crippen LogP contribution is -2.53. The largest absolute Gasteiger partial charge is 0.368 e. The molecule has 35 heavy (non-hydrogen) atoms. The van der Waals surface area contributed by atoms with Gasteiger partial charge in [-0.3, -0.25) is 9.69 Å². The first kappa shape index (κ1) is 21.9. The number of rotatable bonds is 5. The zero-order valence-electron chi connectivity index (χ0n) is 19.2. The van der Waals surface area contributed by atoms with E-state index in [-0.39, 0.29) is 17.9 Å². The summed E-state index contributed by atoms with van der Waals surface area (Å²) in [5.74, 6) is 1.55. The smallest absolute Gasteiger partial charge is 0.259 e. The summed E-state index contributed by atoms with van der Waals surface area (Å²) in [6.07, 6.45) is 3.37. The molecule has 2 aliphatic rings. The van der Waals surface area contributed by atoms with E-state index < -0.39 is 0 Å². The van der Waals surface area contributed by atoms with Crippen molar-refractivity contribution < 1.29 is 4.79 Å². The lowest BCUT2D eigenvalue weighted by atomic mass is 10.1. The number of hydrogen-bond acceptors (Lipinski definition) is 10. The Balaban J connectivity index is 1.16. The van der Waals surface area contributed by atoms with E-state index in [4.69, 9.17) is 5.73 Å². The zero-order chi connectivity index (χ0) is 23.8. The summed E-state index contributed by atoms with van der Waals surface area (Å²) in [7, 11) is 0. The van der Waals surface area contributed by atoms with Gasteiger partial charge in [0.1, 0.15) is 6.04 Å². The third-order valence-electron chi connectivity index (χ3n) is 6.57. The number of piperazine rings is 1. The zero-order valence-corrected chi connectivity index (χ0v) is 20.0. The van der Waals surface area contributed by atoms with Gasteiger partial charge in [-0.1, -0.05) is 30.3 Å². The minimum atomic E-state index is -0.293. The molecule has 0 aliphatic carbocycles. The number of amides is 1. The van der Waals surface area contributed by atoms with E-state index >= 15 is 0 Å². The van der Waals surface area contributed by atoms with E-state index in [0.717, 1.165) is 45.6 Å². The van der Waals surface area contributed by atoms with Crippen LogP contribution in [0, 0.1) is 0 Å². The number of carbonyl (C=O) groups excluding carboxylic acids is 1. The van der Waals surface area contributed by atoms with Crippen LogP contribution < -0.4 is 10.6 Å². The van der Waals surface area contributed by atoms with E-state index in [1.165, 1.54) is 21.4 Å². The summed E-state index contributed by atoms with van der Waals surface area (Å²) in [5.41, 5.74) is 7.50. The van der Waals surface area contributed by atoms with Gasteiger partial charge < -0.3 is 15.5 Å². The van der Waals surface area contributed by atoms with Crippen LogP contribution in [-0.2, 0) is 11.3 Å². The Labute approximate surface area is 206 Å². The topological polar surface area (TPSA) is 122 Å². The van der Waals surface area contributed by atoms with Crippen LogP contribution in [0.3, 0.4) is 0 Å². The van der Waals surface area contributed by atoms with Crippen molar-refractivity contribution in [3.8, 4) is 10.8 Å². The van der Waals surface area contributed by atoms with E-state index in [1.807, 2.05) is 21.2 Å². The van der Waals surface area contributed by atoms with E-state index in [0.29, 0.717) is 29.1 Å². The number of nitrogens with zero attached hydrogens (tertiary/aromatic N) is 9.